The summed E-state index contributed by atoms with van der Waals surface area (Å²) in [6.45, 7) is 12.6. The van der Waals surface area contributed by atoms with Gasteiger partial charge in [0.2, 0.25) is 11.8 Å². The third-order valence-electron chi connectivity index (χ3n) is 6.99. The van der Waals surface area contributed by atoms with Crippen LogP contribution < -0.4 is 0 Å². The lowest BCUT2D eigenvalue weighted by Crippen LogP contribution is -2.57. The predicted octanol–water partition coefficient (Wildman–Crippen LogP) is 2.60. The van der Waals surface area contributed by atoms with Crippen molar-refractivity contribution in [3.63, 3.8) is 0 Å². The molecule has 2 amide bonds. The van der Waals surface area contributed by atoms with Crippen molar-refractivity contribution in [3.05, 3.63) is 0 Å². The smallest absolute Gasteiger partial charge is 0.242 e. The van der Waals surface area contributed by atoms with E-state index in [1.807, 2.05) is 4.90 Å². The summed E-state index contributed by atoms with van der Waals surface area (Å²) in [6, 6.07) is 0.893. The van der Waals surface area contributed by atoms with E-state index in [4.69, 9.17) is 0 Å². The maximum Gasteiger partial charge on any atom is 0.242 e. The first-order valence-corrected chi connectivity index (χ1v) is 10.7. The van der Waals surface area contributed by atoms with Crippen LogP contribution in [0.1, 0.15) is 59.8 Å². The fraction of sp³-hybridized carbons (Fsp3) is 0.905. The second-order valence-corrected chi connectivity index (χ2v) is 9.23. The monoisotopic (exact) mass is 363 g/mol. The maximum atomic E-state index is 12.8. The van der Waals surface area contributed by atoms with Crippen molar-refractivity contribution in [3.8, 4) is 0 Å². The summed E-state index contributed by atoms with van der Waals surface area (Å²) < 4.78 is 0. The zero-order chi connectivity index (χ0) is 18.8. The Hall–Kier alpha value is -1.10. The number of hydrogen-bond donors (Lipinski definition) is 0. The molecule has 2 saturated heterocycles. The molecular weight excluding hydrogens is 326 g/mol. The number of rotatable bonds is 4. The van der Waals surface area contributed by atoms with E-state index in [9.17, 15) is 9.59 Å². The molecule has 1 atom stereocenters. The Balaban J connectivity index is 1.49. The number of amides is 2. The largest absolute Gasteiger partial charge is 0.336 e. The molecule has 1 aliphatic carbocycles. The lowest BCUT2D eigenvalue weighted by Gasteiger charge is -2.42. The first-order valence-electron chi connectivity index (χ1n) is 10.7. The van der Waals surface area contributed by atoms with Crippen LogP contribution in [-0.2, 0) is 9.59 Å². The number of piperazine rings is 1. The molecule has 0 bridgehead atoms. The van der Waals surface area contributed by atoms with Gasteiger partial charge in [-0.15, -0.1) is 0 Å². The van der Waals surface area contributed by atoms with Crippen LogP contribution in [0.15, 0.2) is 0 Å². The average molecular weight is 364 g/mol. The number of hydrogen-bond acceptors (Lipinski definition) is 3. The molecule has 0 aromatic rings. The molecule has 0 spiro atoms. The number of carbonyl (C=O) groups is 2. The minimum Gasteiger partial charge on any atom is -0.336 e. The Kier molecular flexibility index (Phi) is 6.26. The fourth-order valence-corrected chi connectivity index (χ4v) is 5.06. The minimum atomic E-state index is 0.0817. The molecule has 0 radical (unpaired) electrons. The molecule has 3 rings (SSSR count). The summed E-state index contributed by atoms with van der Waals surface area (Å²) in [5, 5.41) is 0. The lowest BCUT2D eigenvalue weighted by atomic mass is 9.79. The number of nitrogens with zero attached hydrogens (tertiary/aromatic N) is 3. The topological polar surface area (TPSA) is 43.9 Å². The molecule has 26 heavy (non-hydrogen) atoms. The normalized spacial score (nSPS) is 31.3. The van der Waals surface area contributed by atoms with Crippen LogP contribution in [0.25, 0.3) is 0 Å². The number of carbonyl (C=O) groups excluding carboxylic acids is 2. The summed E-state index contributed by atoms with van der Waals surface area (Å²) in [5.41, 5.74) is 0. The molecule has 0 aromatic heterocycles. The molecule has 2 heterocycles. The molecule has 0 aromatic carbocycles. The predicted molar refractivity (Wildman–Crippen MR) is 104 cm³/mol. The van der Waals surface area contributed by atoms with Crippen LogP contribution >= 0.6 is 0 Å². The summed E-state index contributed by atoms with van der Waals surface area (Å²) in [5.74, 6) is 2.01. The van der Waals surface area contributed by atoms with Crippen molar-refractivity contribution < 1.29 is 9.59 Å². The van der Waals surface area contributed by atoms with E-state index >= 15 is 0 Å². The molecule has 2 aliphatic heterocycles. The maximum absolute atomic E-state index is 12.8. The van der Waals surface area contributed by atoms with Crippen LogP contribution in [0.5, 0.6) is 0 Å². The van der Waals surface area contributed by atoms with Gasteiger partial charge in [-0.3, -0.25) is 9.59 Å². The van der Waals surface area contributed by atoms with Gasteiger partial charge in [-0.2, -0.15) is 0 Å². The van der Waals surface area contributed by atoms with E-state index < -0.39 is 0 Å². The molecule has 3 aliphatic rings. The number of likely N-dealkylation sites (tertiary alicyclic amines) is 1. The molecule has 1 saturated carbocycles. The molecular formula is C21H37N3O2. The van der Waals surface area contributed by atoms with E-state index in [1.165, 1.54) is 12.8 Å². The van der Waals surface area contributed by atoms with Crippen molar-refractivity contribution in [2.75, 3.05) is 32.7 Å². The van der Waals surface area contributed by atoms with Crippen molar-refractivity contribution in [1.82, 2.24) is 14.7 Å². The fourth-order valence-electron chi connectivity index (χ4n) is 5.06. The summed E-state index contributed by atoms with van der Waals surface area (Å²) in [4.78, 5) is 31.9. The quantitative estimate of drug-likeness (QED) is 0.771. The van der Waals surface area contributed by atoms with Gasteiger partial charge in [0.1, 0.15) is 0 Å². The minimum absolute atomic E-state index is 0.0817. The average Bonchev–Trinajstić information content (AvgIpc) is 3.11. The van der Waals surface area contributed by atoms with Gasteiger partial charge in [-0.25, -0.2) is 0 Å². The van der Waals surface area contributed by atoms with Gasteiger partial charge in [0.25, 0.3) is 0 Å². The molecule has 5 heteroatoms. The second kappa shape index (κ2) is 8.28. The standard InChI is InChI=1S/C21H37N3O2/c1-15(2)17-5-7-19(8-6-17)24-12-11-23(14-20(24)25)21(26)18-9-10-22(13-18)16(3)4/h15-19H,5-14H2,1-4H3/t17?,18-,19?/m0/s1. The molecule has 3 fully saturated rings. The van der Waals surface area contributed by atoms with Gasteiger partial charge in [0.05, 0.1) is 12.5 Å². The molecule has 0 N–H and O–H groups in total. The lowest BCUT2D eigenvalue weighted by molar-refractivity contribution is -0.149. The van der Waals surface area contributed by atoms with Gasteiger partial charge in [-0.1, -0.05) is 13.8 Å². The van der Waals surface area contributed by atoms with E-state index in [1.54, 1.807) is 0 Å². The van der Waals surface area contributed by atoms with E-state index in [-0.39, 0.29) is 17.7 Å². The van der Waals surface area contributed by atoms with Crippen LogP contribution in [0, 0.1) is 17.8 Å². The van der Waals surface area contributed by atoms with Crippen molar-refractivity contribution in [2.45, 2.75) is 71.9 Å². The van der Waals surface area contributed by atoms with E-state index in [2.05, 4.69) is 37.5 Å². The van der Waals surface area contributed by atoms with Crippen molar-refractivity contribution >= 4 is 11.8 Å². The van der Waals surface area contributed by atoms with Crippen LogP contribution in [0.4, 0.5) is 0 Å². The highest BCUT2D eigenvalue weighted by molar-refractivity contribution is 5.87. The van der Waals surface area contributed by atoms with Crippen molar-refractivity contribution in [2.24, 2.45) is 17.8 Å². The summed E-state index contributed by atoms with van der Waals surface area (Å²) in [6.07, 6.45) is 5.68. The molecule has 5 nitrogen and oxygen atoms in total. The first-order chi connectivity index (χ1) is 12.4. The van der Waals surface area contributed by atoms with Crippen LogP contribution in [0.2, 0.25) is 0 Å². The van der Waals surface area contributed by atoms with Crippen LogP contribution in [0.3, 0.4) is 0 Å². The van der Waals surface area contributed by atoms with Gasteiger partial charge in [0, 0.05) is 31.7 Å². The van der Waals surface area contributed by atoms with E-state index in [0.717, 1.165) is 50.7 Å². The Bertz CT molecular complexity index is 511. The Morgan fingerprint density at radius 2 is 1.65 bits per heavy atom. The third kappa shape index (κ3) is 4.24. The Morgan fingerprint density at radius 1 is 0.962 bits per heavy atom. The highest BCUT2D eigenvalue weighted by Crippen LogP contribution is 2.33. The zero-order valence-corrected chi connectivity index (χ0v) is 17.1. The van der Waals surface area contributed by atoms with Crippen molar-refractivity contribution in [1.29, 1.82) is 0 Å². The van der Waals surface area contributed by atoms with Gasteiger partial charge in [0.15, 0.2) is 0 Å². The third-order valence-corrected chi connectivity index (χ3v) is 6.99. The van der Waals surface area contributed by atoms with Gasteiger partial charge < -0.3 is 14.7 Å². The highest BCUT2D eigenvalue weighted by Gasteiger charge is 2.37. The Labute approximate surface area is 159 Å². The second-order valence-electron chi connectivity index (χ2n) is 9.23. The summed E-state index contributed by atoms with van der Waals surface area (Å²) in [7, 11) is 0. The molecule has 0 unspecified atom stereocenters. The zero-order valence-electron chi connectivity index (χ0n) is 17.1. The Morgan fingerprint density at radius 3 is 2.19 bits per heavy atom. The highest BCUT2D eigenvalue weighted by atomic mass is 16.2. The van der Waals surface area contributed by atoms with Crippen LogP contribution in [-0.4, -0.2) is 71.3 Å². The summed E-state index contributed by atoms with van der Waals surface area (Å²) >= 11 is 0. The SMILES string of the molecule is CC(C)C1CCC(N2CCN(C(=O)[C@H]3CCN(C(C)C)C3)CC2=O)CC1. The van der Waals surface area contributed by atoms with Gasteiger partial charge in [-0.05, 0) is 64.3 Å². The van der Waals surface area contributed by atoms with Gasteiger partial charge >= 0.3 is 0 Å². The molecule has 148 valence electrons. The first kappa shape index (κ1) is 19.7. The van der Waals surface area contributed by atoms with E-state index in [0.29, 0.717) is 25.2 Å².